The van der Waals surface area contributed by atoms with Crippen LogP contribution in [0.2, 0.25) is 0 Å². The minimum absolute atomic E-state index is 0.102. The first-order valence-electron chi connectivity index (χ1n) is 10.7. The van der Waals surface area contributed by atoms with Crippen molar-refractivity contribution >= 4 is 11.8 Å². The molecule has 2 atom stereocenters. The predicted octanol–water partition coefficient (Wildman–Crippen LogP) is 4.85. The number of likely N-dealkylation sites (tertiary alicyclic amines) is 1. The number of nitrogens with one attached hydrogen (secondary N) is 1. The van der Waals surface area contributed by atoms with Crippen molar-refractivity contribution < 1.29 is 27.2 Å². The molecule has 1 N–H and O–H groups in total. The second-order valence-electron chi connectivity index (χ2n) is 8.53. The highest BCUT2D eigenvalue weighted by Gasteiger charge is 2.41. The molecule has 2 fully saturated rings. The monoisotopic (exact) mass is 448 g/mol. The summed E-state index contributed by atoms with van der Waals surface area (Å²) in [7, 11) is 0. The highest BCUT2D eigenvalue weighted by atomic mass is 19.4. The van der Waals surface area contributed by atoms with E-state index in [4.69, 9.17) is 0 Å². The number of alkyl halides is 3. The van der Waals surface area contributed by atoms with Crippen molar-refractivity contribution in [1.82, 2.24) is 10.2 Å². The quantitative estimate of drug-likeness (QED) is 0.665. The van der Waals surface area contributed by atoms with Crippen molar-refractivity contribution in [3.8, 4) is 0 Å². The first-order valence-corrected chi connectivity index (χ1v) is 10.7. The van der Waals surface area contributed by atoms with Crippen molar-refractivity contribution in [1.29, 1.82) is 0 Å². The Morgan fingerprint density at radius 2 is 1.69 bits per heavy atom. The maximum atomic E-state index is 13.3. The van der Waals surface area contributed by atoms with Gasteiger partial charge < -0.3 is 10.2 Å². The molecule has 1 saturated carbocycles. The summed E-state index contributed by atoms with van der Waals surface area (Å²) >= 11 is 0. The molecule has 2 aromatic rings. The van der Waals surface area contributed by atoms with Gasteiger partial charge in [0.2, 0.25) is 11.8 Å². The molecular formula is C24H24F4N2O2. The number of halogens is 4. The van der Waals surface area contributed by atoms with Crippen LogP contribution in [0.3, 0.4) is 0 Å². The van der Waals surface area contributed by atoms with E-state index >= 15 is 0 Å². The number of carbonyl (C=O) groups is 2. The van der Waals surface area contributed by atoms with E-state index in [1.54, 1.807) is 23.1 Å². The van der Waals surface area contributed by atoms with Gasteiger partial charge in [0.15, 0.2) is 0 Å². The van der Waals surface area contributed by atoms with Gasteiger partial charge in [-0.1, -0.05) is 24.3 Å². The molecule has 2 aliphatic rings. The van der Waals surface area contributed by atoms with Crippen LogP contribution in [0.1, 0.15) is 48.4 Å². The summed E-state index contributed by atoms with van der Waals surface area (Å²) in [5.41, 5.74) is 0.318. The molecule has 0 radical (unpaired) electrons. The van der Waals surface area contributed by atoms with Crippen molar-refractivity contribution in [2.24, 2.45) is 11.8 Å². The fraction of sp³-hybridized carbons (Fsp3) is 0.417. The van der Waals surface area contributed by atoms with E-state index in [1.165, 1.54) is 18.2 Å². The number of hydrogen-bond donors (Lipinski definition) is 1. The lowest BCUT2D eigenvalue weighted by Crippen LogP contribution is -2.47. The fourth-order valence-electron chi connectivity index (χ4n) is 4.24. The molecule has 0 spiro atoms. The van der Waals surface area contributed by atoms with Crippen LogP contribution < -0.4 is 5.32 Å². The van der Waals surface area contributed by atoms with Crippen LogP contribution in [0.4, 0.5) is 17.6 Å². The van der Waals surface area contributed by atoms with Gasteiger partial charge in [0.05, 0.1) is 17.5 Å². The SMILES string of the molecule is O=C(NCc1cccc(F)c1)C1CCC(c2cccc(C(F)(F)F)c2)N(C(=O)C2CC2)C1. The Hall–Kier alpha value is -2.90. The average molecular weight is 448 g/mol. The van der Waals surface area contributed by atoms with Gasteiger partial charge in [0, 0.05) is 19.0 Å². The van der Waals surface area contributed by atoms with Crippen LogP contribution in [0.5, 0.6) is 0 Å². The minimum Gasteiger partial charge on any atom is -0.352 e. The number of carbonyl (C=O) groups excluding carboxylic acids is 2. The molecule has 0 aromatic heterocycles. The van der Waals surface area contributed by atoms with Gasteiger partial charge >= 0.3 is 6.18 Å². The molecule has 1 aliphatic heterocycles. The van der Waals surface area contributed by atoms with E-state index in [-0.39, 0.29) is 36.6 Å². The Morgan fingerprint density at radius 3 is 2.38 bits per heavy atom. The maximum absolute atomic E-state index is 13.3. The molecule has 1 saturated heterocycles. The number of nitrogens with zero attached hydrogens (tertiary/aromatic N) is 1. The average Bonchev–Trinajstić information content (AvgIpc) is 3.62. The smallest absolute Gasteiger partial charge is 0.352 e. The zero-order valence-electron chi connectivity index (χ0n) is 17.4. The topological polar surface area (TPSA) is 49.4 Å². The number of hydrogen-bond acceptors (Lipinski definition) is 2. The highest BCUT2D eigenvalue weighted by Crippen LogP contribution is 2.40. The lowest BCUT2D eigenvalue weighted by Gasteiger charge is -2.40. The van der Waals surface area contributed by atoms with Gasteiger partial charge in [-0.15, -0.1) is 0 Å². The van der Waals surface area contributed by atoms with Crippen LogP contribution in [-0.2, 0) is 22.3 Å². The summed E-state index contributed by atoms with van der Waals surface area (Å²) in [6.45, 7) is 0.325. The zero-order valence-corrected chi connectivity index (χ0v) is 17.4. The molecule has 1 heterocycles. The van der Waals surface area contributed by atoms with Crippen LogP contribution in [-0.4, -0.2) is 23.3 Å². The summed E-state index contributed by atoms with van der Waals surface area (Å²) in [6.07, 6.45) is -2.08. The molecule has 32 heavy (non-hydrogen) atoms. The molecule has 8 heteroatoms. The van der Waals surface area contributed by atoms with Crippen LogP contribution in [0.25, 0.3) is 0 Å². The summed E-state index contributed by atoms with van der Waals surface area (Å²) in [5.74, 6) is -1.31. The Balaban J connectivity index is 1.48. The van der Waals surface area contributed by atoms with Crippen molar-refractivity contribution in [3.05, 3.63) is 71.0 Å². The Morgan fingerprint density at radius 1 is 0.969 bits per heavy atom. The number of rotatable bonds is 5. The highest BCUT2D eigenvalue weighted by molar-refractivity contribution is 5.84. The van der Waals surface area contributed by atoms with E-state index in [9.17, 15) is 27.2 Å². The second kappa shape index (κ2) is 8.92. The third kappa shape index (κ3) is 5.11. The third-order valence-corrected chi connectivity index (χ3v) is 6.12. The second-order valence-corrected chi connectivity index (χ2v) is 8.53. The number of benzene rings is 2. The van der Waals surface area contributed by atoms with Crippen LogP contribution >= 0.6 is 0 Å². The van der Waals surface area contributed by atoms with Gasteiger partial charge in [-0.25, -0.2) is 4.39 Å². The zero-order chi connectivity index (χ0) is 22.9. The first-order chi connectivity index (χ1) is 15.2. The predicted molar refractivity (Wildman–Crippen MR) is 110 cm³/mol. The summed E-state index contributed by atoms with van der Waals surface area (Å²) in [5, 5.41) is 2.79. The molecular weight excluding hydrogens is 424 g/mol. The van der Waals surface area contributed by atoms with Crippen molar-refractivity contribution in [3.63, 3.8) is 0 Å². The van der Waals surface area contributed by atoms with E-state index < -0.39 is 23.7 Å². The molecule has 4 rings (SSSR count). The van der Waals surface area contributed by atoms with Gasteiger partial charge in [-0.2, -0.15) is 13.2 Å². The van der Waals surface area contributed by atoms with E-state index in [2.05, 4.69) is 5.32 Å². The lowest BCUT2D eigenvalue weighted by molar-refractivity contribution is -0.140. The molecule has 1 aliphatic carbocycles. The summed E-state index contributed by atoms with van der Waals surface area (Å²) in [4.78, 5) is 27.3. The summed E-state index contributed by atoms with van der Waals surface area (Å²) in [6, 6.07) is 10.5. The molecule has 2 aromatic carbocycles. The Kier molecular flexibility index (Phi) is 6.22. The van der Waals surface area contributed by atoms with Crippen LogP contribution in [0.15, 0.2) is 48.5 Å². The molecule has 4 nitrogen and oxygen atoms in total. The van der Waals surface area contributed by atoms with Gasteiger partial charge in [0.1, 0.15) is 5.82 Å². The van der Waals surface area contributed by atoms with Crippen molar-refractivity contribution in [2.45, 2.75) is 44.4 Å². The number of amides is 2. The van der Waals surface area contributed by atoms with Gasteiger partial charge in [-0.05, 0) is 61.1 Å². The summed E-state index contributed by atoms with van der Waals surface area (Å²) < 4.78 is 52.9. The fourth-order valence-corrected chi connectivity index (χ4v) is 4.24. The van der Waals surface area contributed by atoms with E-state index in [0.717, 1.165) is 25.0 Å². The minimum atomic E-state index is -4.46. The molecule has 2 amide bonds. The molecule has 170 valence electrons. The van der Waals surface area contributed by atoms with Crippen molar-refractivity contribution in [2.75, 3.05) is 6.54 Å². The van der Waals surface area contributed by atoms with Crippen LogP contribution in [0, 0.1) is 17.7 Å². The van der Waals surface area contributed by atoms with Gasteiger partial charge in [0.25, 0.3) is 0 Å². The lowest BCUT2D eigenvalue weighted by atomic mass is 9.87. The van der Waals surface area contributed by atoms with Gasteiger partial charge in [-0.3, -0.25) is 9.59 Å². The Bertz CT molecular complexity index is 1000. The largest absolute Gasteiger partial charge is 0.416 e. The molecule has 0 bridgehead atoms. The number of piperidine rings is 1. The molecule has 2 unspecified atom stereocenters. The maximum Gasteiger partial charge on any atom is 0.416 e. The van der Waals surface area contributed by atoms with E-state index in [1.807, 2.05) is 0 Å². The normalized spacial score (nSPS) is 21.3. The third-order valence-electron chi connectivity index (χ3n) is 6.12. The van der Waals surface area contributed by atoms with E-state index in [0.29, 0.717) is 24.0 Å². The Labute approximate surface area is 183 Å². The first kappa shape index (κ1) is 22.3. The standard InChI is InChI=1S/C24H24F4N2O2/c25-20-6-1-3-15(11-20)13-29-22(31)18-9-10-21(30(14-18)23(32)16-7-8-16)17-4-2-5-19(12-17)24(26,27)28/h1-6,11-12,16,18,21H,7-10,13-14H2,(H,29,31).